The summed E-state index contributed by atoms with van der Waals surface area (Å²) in [5.41, 5.74) is 1.61. The Kier molecular flexibility index (Phi) is 7.48. The van der Waals surface area contributed by atoms with E-state index in [1.807, 2.05) is 37.3 Å². The molecule has 0 radical (unpaired) electrons. The molecule has 26 heavy (non-hydrogen) atoms. The first-order valence-corrected chi connectivity index (χ1v) is 8.89. The van der Waals surface area contributed by atoms with E-state index in [-0.39, 0.29) is 18.4 Å². The quantitative estimate of drug-likeness (QED) is 0.765. The maximum atomic E-state index is 12.4. The Balaban J connectivity index is 1.96. The molecule has 0 spiro atoms. The lowest BCUT2D eigenvalue weighted by Crippen LogP contribution is -2.38. The average molecular weight is 375 g/mol. The third kappa shape index (κ3) is 6.08. The molecule has 2 aromatic carbocycles. The molecule has 0 bridgehead atoms. The lowest BCUT2D eigenvalue weighted by molar-refractivity contribution is -0.132. The summed E-state index contributed by atoms with van der Waals surface area (Å²) in [6, 6.07) is 14.7. The highest BCUT2D eigenvalue weighted by molar-refractivity contribution is 6.30. The van der Waals surface area contributed by atoms with Gasteiger partial charge in [-0.05, 0) is 43.2 Å². The normalized spacial score (nSPS) is 10.3. The zero-order valence-corrected chi connectivity index (χ0v) is 15.8. The first-order chi connectivity index (χ1) is 12.5. The molecule has 0 saturated carbocycles. The van der Waals surface area contributed by atoms with Crippen LogP contribution in [-0.4, -0.2) is 36.4 Å². The number of benzene rings is 2. The number of ether oxygens (including phenoxy) is 1. The fourth-order valence-corrected chi connectivity index (χ4v) is 2.73. The first kappa shape index (κ1) is 19.8. The van der Waals surface area contributed by atoms with Crippen molar-refractivity contribution in [3.63, 3.8) is 0 Å². The molecule has 0 saturated heterocycles. The van der Waals surface area contributed by atoms with Crippen LogP contribution in [0.5, 0.6) is 5.75 Å². The van der Waals surface area contributed by atoms with Gasteiger partial charge >= 0.3 is 0 Å². The van der Waals surface area contributed by atoms with Crippen molar-refractivity contribution in [1.82, 2.24) is 4.90 Å². The fraction of sp³-hybridized carbons (Fsp3) is 0.300. The lowest BCUT2D eigenvalue weighted by atomic mass is 10.1. The highest BCUT2D eigenvalue weighted by Crippen LogP contribution is 2.23. The third-order valence-corrected chi connectivity index (χ3v) is 4.04. The Morgan fingerprint density at radius 3 is 2.62 bits per heavy atom. The lowest BCUT2D eigenvalue weighted by Gasteiger charge is -2.21. The van der Waals surface area contributed by atoms with Gasteiger partial charge in [0.2, 0.25) is 11.8 Å². The number of nitrogens with one attached hydrogen (secondary N) is 1. The van der Waals surface area contributed by atoms with Crippen molar-refractivity contribution in [1.29, 1.82) is 0 Å². The number of para-hydroxylation sites is 2. The SMILES string of the molecule is CCOc1ccccc1NC(=O)CN(CCc1cccc(Cl)c1)C(C)=O. The Bertz CT molecular complexity index is 764. The number of carbonyl (C=O) groups is 2. The van der Waals surface area contributed by atoms with Gasteiger partial charge in [0.05, 0.1) is 18.8 Å². The molecule has 2 amide bonds. The number of hydrogen-bond acceptors (Lipinski definition) is 3. The summed E-state index contributed by atoms with van der Waals surface area (Å²) in [6.45, 7) is 4.27. The van der Waals surface area contributed by atoms with Gasteiger partial charge in [-0.15, -0.1) is 0 Å². The molecule has 138 valence electrons. The number of anilines is 1. The zero-order chi connectivity index (χ0) is 18.9. The van der Waals surface area contributed by atoms with Crippen molar-refractivity contribution in [2.45, 2.75) is 20.3 Å². The van der Waals surface area contributed by atoms with Crippen molar-refractivity contribution < 1.29 is 14.3 Å². The Labute approximate surface area is 158 Å². The zero-order valence-electron chi connectivity index (χ0n) is 15.0. The van der Waals surface area contributed by atoms with E-state index in [1.54, 1.807) is 18.2 Å². The largest absolute Gasteiger partial charge is 0.492 e. The number of carbonyl (C=O) groups excluding carboxylic acids is 2. The van der Waals surface area contributed by atoms with Crippen LogP contribution in [0.1, 0.15) is 19.4 Å². The Hall–Kier alpha value is -2.53. The van der Waals surface area contributed by atoms with E-state index in [1.165, 1.54) is 11.8 Å². The predicted octanol–water partition coefficient (Wildman–Crippen LogP) is 3.77. The van der Waals surface area contributed by atoms with Crippen LogP contribution in [0.4, 0.5) is 5.69 Å². The van der Waals surface area contributed by atoms with Crippen molar-refractivity contribution in [3.8, 4) is 5.75 Å². The number of nitrogens with zero attached hydrogens (tertiary/aromatic N) is 1. The molecule has 2 rings (SSSR count). The van der Waals surface area contributed by atoms with Crippen LogP contribution in [-0.2, 0) is 16.0 Å². The Morgan fingerprint density at radius 1 is 1.15 bits per heavy atom. The van der Waals surface area contributed by atoms with Crippen LogP contribution in [0.3, 0.4) is 0 Å². The van der Waals surface area contributed by atoms with Crippen LogP contribution in [0.2, 0.25) is 5.02 Å². The molecule has 2 aromatic rings. The molecular formula is C20H23ClN2O3. The monoisotopic (exact) mass is 374 g/mol. The molecule has 0 aliphatic carbocycles. The predicted molar refractivity (Wildman–Crippen MR) is 104 cm³/mol. The van der Waals surface area contributed by atoms with Crippen LogP contribution in [0.25, 0.3) is 0 Å². The van der Waals surface area contributed by atoms with Gasteiger partial charge in [-0.1, -0.05) is 35.9 Å². The van der Waals surface area contributed by atoms with E-state index in [0.717, 1.165) is 5.56 Å². The van der Waals surface area contributed by atoms with Crippen molar-refractivity contribution in [2.24, 2.45) is 0 Å². The number of rotatable bonds is 8. The molecule has 0 atom stereocenters. The summed E-state index contributed by atoms with van der Waals surface area (Å²) in [6.07, 6.45) is 0.628. The van der Waals surface area contributed by atoms with Gasteiger partial charge in [-0.2, -0.15) is 0 Å². The third-order valence-electron chi connectivity index (χ3n) is 3.80. The number of halogens is 1. The maximum absolute atomic E-state index is 12.4. The van der Waals surface area contributed by atoms with Crippen molar-refractivity contribution in [2.75, 3.05) is 25.0 Å². The molecule has 0 aromatic heterocycles. The van der Waals surface area contributed by atoms with Crippen LogP contribution < -0.4 is 10.1 Å². The molecule has 0 aliphatic rings. The molecule has 0 fully saturated rings. The van der Waals surface area contributed by atoms with E-state index in [0.29, 0.717) is 36.0 Å². The van der Waals surface area contributed by atoms with E-state index < -0.39 is 0 Å². The molecular weight excluding hydrogens is 352 g/mol. The van der Waals surface area contributed by atoms with Gasteiger partial charge in [0.25, 0.3) is 0 Å². The summed E-state index contributed by atoms with van der Waals surface area (Å²) in [7, 11) is 0. The summed E-state index contributed by atoms with van der Waals surface area (Å²) in [5.74, 6) is 0.190. The fourth-order valence-electron chi connectivity index (χ4n) is 2.52. The van der Waals surface area contributed by atoms with E-state index in [9.17, 15) is 9.59 Å². The van der Waals surface area contributed by atoms with Gasteiger partial charge in [-0.3, -0.25) is 9.59 Å². The minimum atomic E-state index is -0.265. The standard InChI is InChI=1S/C20H23ClN2O3/c1-3-26-19-10-5-4-9-18(19)22-20(25)14-23(15(2)24)12-11-16-7-6-8-17(21)13-16/h4-10,13H,3,11-12,14H2,1-2H3,(H,22,25). The smallest absolute Gasteiger partial charge is 0.244 e. The average Bonchev–Trinajstić information content (AvgIpc) is 2.60. The molecule has 6 heteroatoms. The van der Waals surface area contributed by atoms with Crippen LogP contribution in [0, 0.1) is 0 Å². The van der Waals surface area contributed by atoms with Crippen molar-refractivity contribution >= 4 is 29.1 Å². The molecule has 5 nitrogen and oxygen atoms in total. The van der Waals surface area contributed by atoms with E-state index >= 15 is 0 Å². The van der Waals surface area contributed by atoms with Crippen LogP contribution in [0.15, 0.2) is 48.5 Å². The summed E-state index contributed by atoms with van der Waals surface area (Å²) in [5, 5.41) is 3.46. The number of hydrogen-bond donors (Lipinski definition) is 1. The second kappa shape index (κ2) is 9.82. The highest BCUT2D eigenvalue weighted by atomic mass is 35.5. The summed E-state index contributed by atoms with van der Waals surface area (Å²) in [4.78, 5) is 25.8. The molecule has 0 heterocycles. The van der Waals surface area contributed by atoms with Crippen LogP contribution >= 0.6 is 11.6 Å². The van der Waals surface area contributed by atoms with E-state index in [2.05, 4.69) is 5.32 Å². The maximum Gasteiger partial charge on any atom is 0.244 e. The van der Waals surface area contributed by atoms with Crippen molar-refractivity contribution in [3.05, 3.63) is 59.1 Å². The molecule has 0 aliphatic heterocycles. The summed E-state index contributed by atoms with van der Waals surface area (Å²) >= 11 is 5.98. The minimum absolute atomic E-state index is 0.0175. The second-order valence-electron chi connectivity index (χ2n) is 5.80. The minimum Gasteiger partial charge on any atom is -0.492 e. The molecule has 1 N–H and O–H groups in total. The van der Waals surface area contributed by atoms with Gasteiger partial charge in [0.1, 0.15) is 5.75 Å². The van der Waals surface area contributed by atoms with Gasteiger partial charge in [-0.25, -0.2) is 0 Å². The van der Waals surface area contributed by atoms with Gasteiger partial charge in [0, 0.05) is 18.5 Å². The first-order valence-electron chi connectivity index (χ1n) is 8.51. The second-order valence-corrected chi connectivity index (χ2v) is 6.23. The highest BCUT2D eigenvalue weighted by Gasteiger charge is 2.15. The number of amides is 2. The summed E-state index contributed by atoms with van der Waals surface area (Å²) < 4.78 is 5.50. The van der Waals surface area contributed by atoms with E-state index in [4.69, 9.17) is 16.3 Å². The van der Waals surface area contributed by atoms with Gasteiger partial charge in [0.15, 0.2) is 0 Å². The Morgan fingerprint density at radius 2 is 1.92 bits per heavy atom. The van der Waals surface area contributed by atoms with Gasteiger partial charge < -0.3 is 15.0 Å². The topological polar surface area (TPSA) is 58.6 Å². The molecule has 0 unspecified atom stereocenters.